The molecule has 3 nitrogen and oxygen atoms in total. The smallest absolute Gasteiger partial charge is 0.144 e. The van der Waals surface area contributed by atoms with Crippen molar-refractivity contribution in [1.29, 1.82) is 0 Å². The molecule has 0 bridgehead atoms. The second-order valence-corrected chi connectivity index (χ2v) is 5.41. The third kappa shape index (κ3) is 4.03. The SMILES string of the molecule is CCCNC1COCC1C(=O)Cc1cccc(Cl)c1. The molecule has 1 heterocycles. The number of benzene rings is 1. The first-order valence-electron chi connectivity index (χ1n) is 6.79. The number of ether oxygens (including phenoxy) is 1. The molecule has 1 aliphatic rings. The van der Waals surface area contributed by atoms with Gasteiger partial charge in [0.1, 0.15) is 5.78 Å². The zero-order valence-electron chi connectivity index (χ0n) is 11.2. The molecule has 4 heteroatoms. The quantitative estimate of drug-likeness (QED) is 0.870. The van der Waals surface area contributed by atoms with Crippen molar-refractivity contribution >= 4 is 17.4 Å². The van der Waals surface area contributed by atoms with E-state index < -0.39 is 0 Å². The van der Waals surface area contributed by atoms with Gasteiger partial charge in [-0.2, -0.15) is 0 Å². The Morgan fingerprint density at radius 1 is 1.47 bits per heavy atom. The molecule has 1 aliphatic heterocycles. The zero-order chi connectivity index (χ0) is 13.7. The number of hydrogen-bond donors (Lipinski definition) is 1. The van der Waals surface area contributed by atoms with Gasteiger partial charge in [-0.15, -0.1) is 0 Å². The van der Waals surface area contributed by atoms with E-state index in [0.29, 0.717) is 24.7 Å². The second kappa shape index (κ2) is 7.04. The molecule has 0 amide bonds. The van der Waals surface area contributed by atoms with E-state index in [1.165, 1.54) is 0 Å². The van der Waals surface area contributed by atoms with Gasteiger partial charge in [0.25, 0.3) is 0 Å². The van der Waals surface area contributed by atoms with Gasteiger partial charge in [0.15, 0.2) is 0 Å². The Balaban J connectivity index is 1.95. The Labute approximate surface area is 119 Å². The van der Waals surface area contributed by atoms with Crippen molar-refractivity contribution < 1.29 is 9.53 Å². The number of ketones is 1. The van der Waals surface area contributed by atoms with E-state index in [1.54, 1.807) is 0 Å². The zero-order valence-corrected chi connectivity index (χ0v) is 12.0. The molecule has 0 aromatic heterocycles. The summed E-state index contributed by atoms with van der Waals surface area (Å²) in [5, 5.41) is 4.06. The van der Waals surface area contributed by atoms with Gasteiger partial charge in [-0.25, -0.2) is 0 Å². The van der Waals surface area contributed by atoms with Gasteiger partial charge in [-0.05, 0) is 30.7 Å². The molecule has 104 valence electrons. The second-order valence-electron chi connectivity index (χ2n) is 4.98. The molecule has 19 heavy (non-hydrogen) atoms. The molecule has 0 aliphatic carbocycles. The Bertz CT molecular complexity index is 436. The predicted octanol–water partition coefficient (Wildman–Crippen LogP) is 2.47. The van der Waals surface area contributed by atoms with Crippen LogP contribution in [0.3, 0.4) is 0 Å². The number of nitrogens with one attached hydrogen (secondary N) is 1. The van der Waals surface area contributed by atoms with E-state index in [2.05, 4.69) is 12.2 Å². The van der Waals surface area contributed by atoms with Gasteiger partial charge in [-0.1, -0.05) is 30.7 Å². The van der Waals surface area contributed by atoms with Gasteiger partial charge < -0.3 is 10.1 Å². The maximum atomic E-state index is 12.3. The minimum absolute atomic E-state index is 0.0365. The summed E-state index contributed by atoms with van der Waals surface area (Å²) in [6.45, 7) is 4.20. The van der Waals surface area contributed by atoms with Crippen LogP contribution in [0.4, 0.5) is 0 Å². The first kappa shape index (κ1) is 14.5. The van der Waals surface area contributed by atoms with Crippen LogP contribution in [0.25, 0.3) is 0 Å². The summed E-state index contributed by atoms with van der Waals surface area (Å²) in [6, 6.07) is 7.65. The molecule has 0 saturated carbocycles. The average molecular weight is 282 g/mol. The normalized spacial score (nSPS) is 22.6. The third-order valence-corrected chi connectivity index (χ3v) is 3.65. The monoisotopic (exact) mass is 281 g/mol. The number of Topliss-reactive ketones (excluding diaryl/α,β-unsaturated/α-hetero) is 1. The molecule has 1 fully saturated rings. The fourth-order valence-corrected chi connectivity index (χ4v) is 2.59. The van der Waals surface area contributed by atoms with Crippen LogP contribution >= 0.6 is 11.6 Å². The van der Waals surface area contributed by atoms with E-state index in [-0.39, 0.29) is 17.7 Å². The maximum absolute atomic E-state index is 12.3. The fraction of sp³-hybridized carbons (Fsp3) is 0.533. The molecule has 1 saturated heterocycles. The van der Waals surface area contributed by atoms with Crippen molar-refractivity contribution in [2.24, 2.45) is 5.92 Å². The predicted molar refractivity (Wildman–Crippen MR) is 76.6 cm³/mol. The third-order valence-electron chi connectivity index (χ3n) is 3.42. The van der Waals surface area contributed by atoms with Crippen LogP contribution in [-0.2, 0) is 16.0 Å². The van der Waals surface area contributed by atoms with Crippen molar-refractivity contribution in [2.75, 3.05) is 19.8 Å². The molecule has 2 atom stereocenters. The molecule has 0 spiro atoms. The minimum Gasteiger partial charge on any atom is -0.379 e. The molecular formula is C15H20ClNO2. The lowest BCUT2D eigenvalue weighted by molar-refractivity contribution is -0.122. The van der Waals surface area contributed by atoms with E-state index in [9.17, 15) is 4.79 Å². The van der Waals surface area contributed by atoms with E-state index >= 15 is 0 Å². The summed E-state index contributed by atoms with van der Waals surface area (Å²) in [5.41, 5.74) is 0.971. The van der Waals surface area contributed by atoms with Crippen molar-refractivity contribution in [1.82, 2.24) is 5.32 Å². The molecule has 2 rings (SSSR count). The number of halogens is 1. The number of carbonyl (C=O) groups excluding carboxylic acids is 1. The lowest BCUT2D eigenvalue weighted by atomic mass is 9.93. The number of rotatable bonds is 6. The van der Waals surface area contributed by atoms with E-state index in [1.807, 2.05) is 24.3 Å². The molecule has 1 aromatic rings. The Hall–Kier alpha value is -0.900. The summed E-state index contributed by atoms with van der Waals surface area (Å²) in [7, 11) is 0. The first-order chi connectivity index (χ1) is 9.20. The van der Waals surface area contributed by atoms with Crippen molar-refractivity contribution in [2.45, 2.75) is 25.8 Å². The summed E-state index contributed by atoms with van der Waals surface area (Å²) >= 11 is 5.94. The largest absolute Gasteiger partial charge is 0.379 e. The minimum atomic E-state index is -0.0365. The van der Waals surface area contributed by atoms with E-state index in [0.717, 1.165) is 18.5 Å². The lowest BCUT2D eigenvalue weighted by Gasteiger charge is -2.17. The van der Waals surface area contributed by atoms with Crippen molar-refractivity contribution in [3.63, 3.8) is 0 Å². The molecule has 1 N–H and O–H groups in total. The van der Waals surface area contributed by atoms with Crippen molar-refractivity contribution in [3.05, 3.63) is 34.9 Å². The molecule has 2 unspecified atom stereocenters. The number of hydrogen-bond acceptors (Lipinski definition) is 3. The van der Waals surface area contributed by atoms with Crippen molar-refractivity contribution in [3.8, 4) is 0 Å². The van der Waals surface area contributed by atoms with Crippen LogP contribution in [0.1, 0.15) is 18.9 Å². The van der Waals surface area contributed by atoms with Crippen LogP contribution in [0.5, 0.6) is 0 Å². The topological polar surface area (TPSA) is 38.3 Å². The summed E-state index contributed by atoms with van der Waals surface area (Å²) in [6.07, 6.45) is 1.49. The Morgan fingerprint density at radius 2 is 2.32 bits per heavy atom. The first-order valence-corrected chi connectivity index (χ1v) is 7.16. The van der Waals surface area contributed by atoms with Crippen LogP contribution in [-0.4, -0.2) is 31.6 Å². The average Bonchev–Trinajstić information content (AvgIpc) is 2.84. The van der Waals surface area contributed by atoms with Gasteiger partial charge in [0, 0.05) is 17.5 Å². The fourth-order valence-electron chi connectivity index (χ4n) is 2.38. The Kier molecular flexibility index (Phi) is 5.37. The highest BCUT2D eigenvalue weighted by atomic mass is 35.5. The van der Waals surface area contributed by atoms with Crippen LogP contribution in [0, 0.1) is 5.92 Å². The maximum Gasteiger partial charge on any atom is 0.144 e. The number of carbonyl (C=O) groups is 1. The summed E-state index contributed by atoms with van der Waals surface area (Å²) in [5.74, 6) is 0.193. The van der Waals surface area contributed by atoms with Crippen LogP contribution in [0.15, 0.2) is 24.3 Å². The summed E-state index contributed by atoms with van der Waals surface area (Å²) in [4.78, 5) is 12.3. The molecular weight excluding hydrogens is 262 g/mol. The van der Waals surface area contributed by atoms with Gasteiger partial charge in [0.2, 0.25) is 0 Å². The highest BCUT2D eigenvalue weighted by molar-refractivity contribution is 6.30. The highest BCUT2D eigenvalue weighted by Gasteiger charge is 2.33. The standard InChI is InChI=1S/C15H20ClNO2/c1-2-6-17-14-10-19-9-13(14)15(18)8-11-4-3-5-12(16)7-11/h3-5,7,13-14,17H,2,6,8-10H2,1H3. The summed E-state index contributed by atoms with van der Waals surface area (Å²) < 4.78 is 5.44. The van der Waals surface area contributed by atoms with Crippen LogP contribution in [0.2, 0.25) is 5.02 Å². The molecule has 1 aromatic carbocycles. The van der Waals surface area contributed by atoms with E-state index in [4.69, 9.17) is 16.3 Å². The highest BCUT2D eigenvalue weighted by Crippen LogP contribution is 2.18. The van der Waals surface area contributed by atoms with Gasteiger partial charge in [-0.3, -0.25) is 4.79 Å². The van der Waals surface area contributed by atoms with Gasteiger partial charge in [0.05, 0.1) is 19.1 Å². The van der Waals surface area contributed by atoms with Crippen LogP contribution < -0.4 is 5.32 Å². The van der Waals surface area contributed by atoms with Gasteiger partial charge >= 0.3 is 0 Å². The lowest BCUT2D eigenvalue weighted by Crippen LogP contribution is -2.40. The Morgan fingerprint density at radius 3 is 3.05 bits per heavy atom. The molecule has 0 radical (unpaired) electrons.